The Kier molecular flexibility index (Phi) is 5.58. The minimum atomic E-state index is -4.78. The molecule has 2 aromatic carbocycles. The number of alkyl halides is 3. The zero-order valence-electron chi connectivity index (χ0n) is 15.0. The third kappa shape index (κ3) is 5.48. The summed E-state index contributed by atoms with van der Waals surface area (Å²) in [7, 11) is 0. The van der Waals surface area contributed by atoms with Gasteiger partial charge in [-0.1, -0.05) is 12.1 Å². The maximum Gasteiger partial charge on any atom is 0.573 e. The molecular weight excluding hydrogens is 373 g/mol. The van der Waals surface area contributed by atoms with Gasteiger partial charge in [0, 0.05) is 17.2 Å². The normalized spacial score (nSPS) is 14.9. The Morgan fingerprint density at radius 1 is 1.04 bits per heavy atom. The molecule has 0 radical (unpaired) electrons. The fraction of sp³-hybridized carbons (Fsp3) is 0.300. The van der Waals surface area contributed by atoms with Crippen molar-refractivity contribution in [1.29, 1.82) is 0 Å². The number of amides is 2. The first-order valence-corrected chi connectivity index (χ1v) is 8.79. The van der Waals surface area contributed by atoms with Gasteiger partial charge in [0.05, 0.1) is 6.04 Å². The summed E-state index contributed by atoms with van der Waals surface area (Å²) in [6.07, 6.45) is -2.92. The first-order valence-electron chi connectivity index (χ1n) is 8.79. The molecule has 3 rings (SSSR count). The number of ether oxygens (including phenoxy) is 1. The van der Waals surface area contributed by atoms with E-state index in [1.807, 2.05) is 0 Å². The van der Waals surface area contributed by atoms with E-state index in [2.05, 4.69) is 15.4 Å². The van der Waals surface area contributed by atoms with Crippen LogP contribution in [0.2, 0.25) is 0 Å². The predicted molar refractivity (Wildman–Crippen MR) is 96.8 cm³/mol. The monoisotopic (exact) mass is 392 g/mol. The van der Waals surface area contributed by atoms with Crippen LogP contribution in [0.5, 0.6) is 5.75 Å². The van der Waals surface area contributed by atoms with Gasteiger partial charge in [0.2, 0.25) is 5.91 Å². The van der Waals surface area contributed by atoms with Crippen molar-refractivity contribution < 1.29 is 27.5 Å². The third-order valence-electron chi connectivity index (χ3n) is 4.32. The average Bonchev–Trinajstić information content (AvgIpc) is 3.46. The molecule has 2 aromatic rings. The lowest BCUT2D eigenvalue weighted by molar-refractivity contribution is -0.274. The molecule has 0 aromatic heterocycles. The van der Waals surface area contributed by atoms with Crippen LogP contribution in [0.3, 0.4) is 0 Å². The van der Waals surface area contributed by atoms with Gasteiger partial charge < -0.3 is 15.4 Å². The van der Waals surface area contributed by atoms with E-state index in [1.54, 1.807) is 31.2 Å². The molecule has 1 atom stereocenters. The maximum atomic E-state index is 12.3. The molecule has 1 aliphatic carbocycles. The quantitative estimate of drug-likeness (QED) is 0.765. The minimum Gasteiger partial charge on any atom is -0.406 e. The number of benzene rings is 2. The van der Waals surface area contributed by atoms with Crippen molar-refractivity contribution in [2.24, 2.45) is 5.92 Å². The van der Waals surface area contributed by atoms with E-state index < -0.39 is 12.3 Å². The Hall–Kier alpha value is -3.03. The van der Waals surface area contributed by atoms with Gasteiger partial charge in [0.25, 0.3) is 5.91 Å². The molecule has 1 saturated carbocycles. The van der Waals surface area contributed by atoms with Crippen LogP contribution in [0, 0.1) is 5.92 Å². The molecule has 0 spiro atoms. The number of carbonyl (C=O) groups excluding carboxylic acids is 2. The van der Waals surface area contributed by atoms with E-state index in [0.717, 1.165) is 30.5 Å². The first-order chi connectivity index (χ1) is 13.2. The van der Waals surface area contributed by atoms with Gasteiger partial charge in [-0.05, 0) is 61.7 Å². The van der Waals surface area contributed by atoms with Gasteiger partial charge in [-0.25, -0.2) is 0 Å². The summed E-state index contributed by atoms with van der Waals surface area (Å²) < 4.78 is 40.3. The average molecular weight is 392 g/mol. The summed E-state index contributed by atoms with van der Waals surface area (Å²) in [6.45, 7) is 1.79. The van der Waals surface area contributed by atoms with Crippen LogP contribution < -0.4 is 15.4 Å². The fourth-order valence-electron chi connectivity index (χ4n) is 2.62. The van der Waals surface area contributed by atoms with Gasteiger partial charge >= 0.3 is 6.36 Å². The molecule has 0 saturated heterocycles. The lowest BCUT2D eigenvalue weighted by Crippen LogP contribution is -2.26. The van der Waals surface area contributed by atoms with Crippen LogP contribution in [0.4, 0.5) is 18.9 Å². The van der Waals surface area contributed by atoms with Crippen molar-refractivity contribution in [2.45, 2.75) is 32.2 Å². The first kappa shape index (κ1) is 19.7. The maximum absolute atomic E-state index is 12.3. The van der Waals surface area contributed by atoms with E-state index in [4.69, 9.17) is 0 Å². The number of rotatable bonds is 6. The topological polar surface area (TPSA) is 67.4 Å². The molecule has 0 heterocycles. The largest absolute Gasteiger partial charge is 0.573 e. The molecule has 0 bridgehead atoms. The van der Waals surface area contributed by atoms with Gasteiger partial charge in [0.1, 0.15) is 5.75 Å². The highest BCUT2D eigenvalue weighted by molar-refractivity contribution is 5.95. The standard InChI is InChI=1S/C20H19F3N2O3/c1-12(13-4-8-16(9-5-13)25-19(27)14-2-3-14)24-18(26)15-6-10-17(11-7-15)28-20(21,22)23/h4-12,14H,2-3H2,1H3,(H,24,26)(H,25,27). The van der Waals surface area contributed by atoms with E-state index in [1.165, 1.54) is 12.1 Å². The highest BCUT2D eigenvalue weighted by Gasteiger charge is 2.31. The molecule has 8 heteroatoms. The molecule has 1 fully saturated rings. The number of carbonyl (C=O) groups is 2. The van der Waals surface area contributed by atoms with Crippen molar-refractivity contribution in [2.75, 3.05) is 5.32 Å². The van der Waals surface area contributed by atoms with E-state index in [9.17, 15) is 22.8 Å². The summed E-state index contributed by atoms with van der Waals surface area (Å²) in [6, 6.07) is 11.5. The second-order valence-corrected chi connectivity index (χ2v) is 6.65. The molecule has 1 aliphatic rings. The molecule has 28 heavy (non-hydrogen) atoms. The van der Waals surface area contributed by atoms with E-state index in [0.29, 0.717) is 5.69 Å². The predicted octanol–water partition coefficient (Wildman–Crippen LogP) is 4.42. The molecule has 2 amide bonds. The van der Waals surface area contributed by atoms with Crippen LogP contribution in [-0.4, -0.2) is 18.2 Å². The lowest BCUT2D eigenvalue weighted by Gasteiger charge is -2.15. The molecule has 0 aliphatic heterocycles. The summed E-state index contributed by atoms with van der Waals surface area (Å²) in [5.41, 5.74) is 1.74. The van der Waals surface area contributed by atoms with E-state index in [-0.39, 0.29) is 29.2 Å². The van der Waals surface area contributed by atoms with E-state index >= 15 is 0 Å². The summed E-state index contributed by atoms with van der Waals surface area (Å²) in [5, 5.41) is 5.62. The van der Waals surface area contributed by atoms with Gasteiger partial charge in [-0.3, -0.25) is 9.59 Å². The molecular formula is C20H19F3N2O3. The van der Waals surface area contributed by atoms with Crippen LogP contribution >= 0.6 is 0 Å². The second-order valence-electron chi connectivity index (χ2n) is 6.65. The zero-order valence-corrected chi connectivity index (χ0v) is 15.0. The zero-order chi connectivity index (χ0) is 20.3. The van der Waals surface area contributed by atoms with Crippen molar-refractivity contribution >= 4 is 17.5 Å². The Bertz CT molecular complexity index is 844. The SMILES string of the molecule is CC(NC(=O)c1ccc(OC(F)(F)F)cc1)c1ccc(NC(=O)C2CC2)cc1. The summed E-state index contributed by atoms with van der Waals surface area (Å²) in [4.78, 5) is 24.0. The van der Waals surface area contributed by atoms with Gasteiger partial charge in [0.15, 0.2) is 0 Å². The van der Waals surface area contributed by atoms with Crippen LogP contribution in [-0.2, 0) is 4.79 Å². The molecule has 148 valence electrons. The van der Waals surface area contributed by atoms with Gasteiger partial charge in [-0.15, -0.1) is 13.2 Å². The summed E-state index contributed by atoms with van der Waals surface area (Å²) >= 11 is 0. The minimum absolute atomic E-state index is 0.0204. The fourth-order valence-corrected chi connectivity index (χ4v) is 2.62. The smallest absolute Gasteiger partial charge is 0.406 e. The van der Waals surface area contributed by atoms with Crippen molar-refractivity contribution in [3.05, 3.63) is 59.7 Å². The second kappa shape index (κ2) is 7.92. The highest BCUT2D eigenvalue weighted by Crippen LogP contribution is 2.30. The number of hydrogen-bond acceptors (Lipinski definition) is 3. The Morgan fingerprint density at radius 2 is 1.64 bits per heavy atom. The Morgan fingerprint density at radius 3 is 2.18 bits per heavy atom. The molecule has 2 N–H and O–H groups in total. The number of anilines is 1. The summed E-state index contributed by atoms with van der Waals surface area (Å²) in [5.74, 6) is -0.670. The van der Waals surface area contributed by atoms with Crippen LogP contribution in [0.15, 0.2) is 48.5 Å². The van der Waals surface area contributed by atoms with Crippen molar-refractivity contribution in [3.63, 3.8) is 0 Å². The number of hydrogen-bond donors (Lipinski definition) is 2. The number of halogens is 3. The van der Waals surface area contributed by atoms with Crippen LogP contribution in [0.1, 0.15) is 41.7 Å². The highest BCUT2D eigenvalue weighted by atomic mass is 19.4. The molecule has 5 nitrogen and oxygen atoms in total. The van der Waals surface area contributed by atoms with Crippen LogP contribution in [0.25, 0.3) is 0 Å². The Balaban J connectivity index is 1.56. The lowest BCUT2D eigenvalue weighted by atomic mass is 10.1. The number of nitrogens with one attached hydrogen (secondary N) is 2. The van der Waals surface area contributed by atoms with Crippen molar-refractivity contribution in [1.82, 2.24) is 5.32 Å². The van der Waals surface area contributed by atoms with Crippen molar-refractivity contribution in [3.8, 4) is 5.75 Å². The third-order valence-corrected chi connectivity index (χ3v) is 4.32. The molecule has 1 unspecified atom stereocenters. The Labute approximate surface area is 159 Å². The van der Waals surface area contributed by atoms with Gasteiger partial charge in [-0.2, -0.15) is 0 Å².